The minimum Gasteiger partial charge on any atom is -0.393 e. The maximum atomic E-state index is 9.66. The summed E-state index contributed by atoms with van der Waals surface area (Å²) in [5.74, 6) is 0. The second-order valence-corrected chi connectivity index (χ2v) is 4.73. The molecule has 1 nitrogen and oxygen atoms in total. The molecule has 0 saturated heterocycles. The van der Waals surface area contributed by atoms with Gasteiger partial charge in [-0.15, -0.1) is 0 Å². The quantitative estimate of drug-likeness (QED) is 0.442. The average molecular weight is 212 g/mol. The van der Waals surface area contributed by atoms with Crippen LogP contribution in [0.25, 0.3) is 0 Å². The van der Waals surface area contributed by atoms with Crippen molar-refractivity contribution < 1.29 is 5.11 Å². The van der Waals surface area contributed by atoms with Gasteiger partial charge in [0.25, 0.3) is 0 Å². The topological polar surface area (TPSA) is 20.2 Å². The van der Waals surface area contributed by atoms with Gasteiger partial charge in [0.15, 0.2) is 0 Å². The van der Waals surface area contributed by atoms with Gasteiger partial charge in [0.2, 0.25) is 0 Å². The van der Waals surface area contributed by atoms with Crippen molar-refractivity contribution in [3.63, 3.8) is 0 Å². The van der Waals surface area contributed by atoms with E-state index in [9.17, 15) is 5.11 Å². The number of unbranched alkanes of at least 4 members (excludes halogenated alkanes) is 5. The first kappa shape index (κ1) is 14.7. The first-order valence-corrected chi connectivity index (χ1v) is 6.48. The van der Waals surface area contributed by atoms with Crippen LogP contribution in [-0.2, 0) is 0 Å². The van der Waals surface area contributed by atoms with Gasteiger partial charge >= 0.3 is 0 Å². The zero-order valence-electron chi connectivity index (χ0n) is 10.8. The van der Waals surface area contributed by atoms with E-state index in [-0.39, 0.29) is 6.10 Å². The Hall–Kier alpha value is -0.300. The van der Waals surface area contributed by atoms with E-state index in [1.165, 1.54) is 44.1 Å². The predicted molar refractivity (Wildman–Crippen MR) is 68.0 cm³/mol. The third-order valence-corrected chi connectivity index (χ3v) is 2.69. The van der Waals surface area contributed by atoms with Crippen molar-refractivity contribution in [1.29, 1.82) is 0 Å². The van der Waals surface area contributed by atoms with Crippen LogP contribution in [0, 0.1) is 0 Å². The molecule has 0 aliphatic carbocycles. The van der Waals surface area contributed by atoms with Gasteiger partial charge < -0.3 is 5.11 Å². The molecule has 1 heteroatoms. The Morgan fingerprint density at radius 2 is 1.67 bits per heavy atom. The van der Waals surface area contributed by atoms with E-state index in [1.54, 1.807) is 0 Å². The SMILES string of the molecule is CCCCCCCC[C@@H](O)CC=C(C)C. The first-order chi connectivity index (χ1) is 7.16. The van der Waals surface area contributed by atoms with E-state index in [0.29, 0.717) is 0 Å². The second kappa shape index (κ2) is 10.2. The lowest BCUT2D eigenvalue weighted by Gasteiger charge is -2.07. The largest absolute Gasteiger partial charge is 0.393 e. The fourth-order valence-corrected chi connectivity index (χ4v) is 1.65. The summed E-state index contributed by atoms with van der Waals surface area (Å²) in [6, 6.07) is 0. The number of aliphatic hydroxyl groups excluding tert-OH is 1. The number of allylic oxidation sites excluding steroid dienone is 1. The van der Waals surface area contributed by atoms with Gasteiger partial charge in [-0.1, -0.05) is 57.1 Å². The molecule has 0 fully saturated rings. The Morgan fingerprint density at radius 1 is 1.07 bits per heavy atom. The highest BCUT2D eigenvalue weighted by Crippen LogP contribution is 2.11. The number of aliphatic hydroxyl groups is 1. The highest BCUT2D eigenvalue weighted by molar-refractivity contribution is 4.94. The van der Waals surface area contributed by atoms with Gasteiger partial charge in [-0.3, -0.25) is 0 Å². The van der Waals surface area contributed by atoms with E-state index in [0.717, 1.165) is 12.8 Å². The summed E-state index contributed by atoms with van der Waals surface area (Å²) < 4.78 is 0. The lowest BCUT2D eigenvalue weighted by Crippen LogP contribution is -2.04. The number of rotatable bonds is 9. The van der Waals surface area contributed by atoms with Gasteiger partial charge in [0.05, 0.1) is 6.10 Å². The molecule has 0 heterocycles. The average Bonchev–Trinajstić information content (AvgIpc) is 2.20. The highest BCUT2D eigenvalue weighted by Gasteiger charge is 2.01. The molecule has 0 rings (SSSR count). The predicted octanol–water partition coefficient (Wildman–Crippen LogP) is 4.45. The Kier molecular flexibility index (Phi) is 10.0. The minimum absolute atomic E-state index is 0.119. The van der Waals surface area contributed by atoms with Crippen molar-refractivity contribution in [3.05, 3.63) is 11.6 Å². The van der Waals surface area contributed by atoms with Crippen molar-refractivity contribution in [3.8, 4) is 0 Å². The summed E-state index contributed by atoms with van der Waals surface area (Å²) in [5.41, 5.74) is 1.30. The van der Waals surface area contributed by atoms with Gasteiger partial charge in [-0.25, -0.2) is 0 Å². The van der Waals surface area contributed by atoms with Crippen LogP contribution in [0.2, 0.25) is 0 Å². The molecular weight excluding hydrogens is 184 g/mol. The normalized spacial score (nSPS) is 12.5. The van der Waals surface area contributed by atoms with Crippen LogP contribution in [-0.4, -0.2) is 11.2 Å². The molecule has 0 aliphatic rings. The molecule has 0 amide bonds. The van der Waals surface area contributed by atoms with Crippen molar-refractivity contribution >= 4 is 0 Å². The Morgan fingerprint density at radius 3 is 2.27 bits per heavy atom. The zero-order chi connectivity index (χ0) is 11.5. The monoisotopic (exact) mass is 212 g/mol. The van der Waals surface area contributed by atoms with Crippen molar-refractivity contribution in [2.24, 2.45) is 0 Å². The molecule has 0 bridgehead atoms. The fourth-order valence-electron chi connectivity index (χ4n) is 1.65. The summed E-state index contributed by atoms with van der Waals surface area (Å²) in [5, 5.41) is 9.66. The zero-order valence-corrected chi connectivity index (χ0v) is 10.8. The minimum atomic E-state index is -0.119. The molecule has 90 valence electrons. The molecule has 1 N–H and O–H groups in total. The van der Waals surface area contributed by atoms with E-state index < -0.39 is 0 Å². The van der Waals surface area contributed by atoms with E-state index in [1.807, 2.05) is 0 Å². The standard InChI is InChI=1S/C14H28O/c1-4-5-6-7-8-9-10-14(15)12-11-13(2)3/h11,14-15H,4-10,12H2,1-3H3/t14-/m1/s1. The lowest BCUT2D eigenvalue weighted by atomic mass is 10.0. The maximum Gasteiger partial charge on any atom is 0.0574 e. The molecule has 0 saturated carbocycles. The van der Waals surface area contributed by atoms with Crippen LogP contribution in [0.15, 0.2) is 11.6 Å². The van der Waals surface area contributed by atoms with Crippen LogP contribution in [0.3, 0.4) is 0 Å². The molecule has 0 aliphatic heterocycles. The Balaban J connectivity index is 3.24. The number of hydrogen-bond donors (Lipinski definition) is 1. The van der Waals surface area contributed by atoms with Gasteiger partial charge in [-0.05, 0) is 26.7 Å². The van der Waals surface area contributed by atoms with Gasteiger partial charge in [0.1, 0.15) is 0 Å². The second-order valence-electron chi connectivity index (χ2n) is 4.73. The van der Waals surface area contributed by atoms with Crippen LogP contribution < -0.4 is 0 Å². The molecule has 1 atom stereocenters. The summed E-state index contributed by atoms with van der Waals surface area (Å²) in [6.07, 6.45) is 11.6. The molecule has 0 radical (unpaired) electrons. The summed E-state index contributed by atoms with van der Waals surface area (Å²) in [4.78, 5) is 0. The van der Waals surface area contributed by atoms with Crippen molar-refractivity contribution in [1.82, 2.24) is 0 Å². The Bertz CT molecular complexity index is 157. The molecule has 0 unspecified atom stereocenters. The fraction of sp³-hybridized carbons (Fsp3) is 0.857. The van der Waals surface area contributed by atoms with Gasteiger partial charge in [-0.2, -0.15) is 0 Å². The summed E-state index contributed by atoms with van der Waals surface area (Å²) in [6.45, 7) is 6.40. The summed E-state index contributed by atoms with van der Waals surface area (Å²) >= 11 is 0. The smallest absolute Gasteiger partial charge is 0.0574 e. The summed E-state index contributed by atoms with van der Waals surface area (Å²) in [7, 11) is 0. The lowest BCUT2D eigenvalue weighted by molar-refractivity contribution is 0.163. The third-order valence-electron chi connectivity index (χ3n) is 2.69. The molecule has 15 heavy (non-hydrogen) atoms. The molecular formula is C14H28O. The molecule has 0 aromatic rings. The molecule has 0 spiro atoms. The van der Waals surface area contributed by atoms with Crippen LogP contribution in [0.5, 0.6) is 0 Å². The molecule has 0 aromatic heterocycles. The maximum absolute atomic E-state index is 9.66. The third kappa shape index (κ3) is 11.6. The van der Waals surface area contributed by atoms with Crippen LogP contribution >= 0.6 is 0 Å². The van der Waals surface area contributed by atoms with E-state index >= 15 is 0 Å². The van der Waals surface area contributed by atoms with Crippen LogP contribution in [0.1, 0.15) is 72.1 Å². The van der Waals surface area contributed by atoms with Gasteiger partial charge in [0, 0.05) is 0 Å². The van der Waals surface area contributed by atoms with E-state index in [2.05, 4.69) is 26.8 Å². The molecule has 0 aromatic carbocycles. The van der Waals surface area contributed by atoms with Crippen molar-refractivity contribution in [2.75, 3.05) is 0 Å². The Labute approximate surface area is 95.6 Å². The van der Waals surface area contributed by atoms with E-state index in [4.69, 9.17) is 0 Å². The van der Waals surface area contributed by atoms with Crippen molar-refractivity contribution in [2.45, 2.75) is 78.2 Å². The highest BCUT2D eigenvalue weighted by atomic mass is 16.3. The van der Waals surface area contributed by atoms with Crippen LogP contribution in [0.4, 0.5) is 0 Å². The number of hydrogen-bond acceptors (Lipinski definition) is 1. The first-order valence-electron chi connectivity index (χ1n) is 6.48.